The van der Waals surface area contributed by atoms with Gasteiger partial charge in [0.2, 0.25) is 0 Å². The van der Waals surface area contributed by atoms with Crippen molar-refractivity contribution in [1.82, 2.24) is 0 Å². The summed E-state index contributed by atoms with van der Waals surface area (Å²) in [7, 11) is 0. The molecular formula is C30H18F12O8. The van der Waals surface area contributed by atoms with Crippen molar-refractivity contribution in [2.45, 2.75) is 36.5 Å². The fourth-order valence-electron chi connectivity index (χ4n) is 3.38. The zero-order valence-corrected chi connectivity index (χ0v) is 24.3. The first-order valence-corrected chi connectivity index (χ1v) is 13.3. The van der Waals surface area contributed by atoms with Gasteiger partial charge in [-0.2, -0.15) is 35.1 Å². The first-order valence-electron chi connectivity index (χ1n) is 13.3. The number of halogens is 12. The van der Waals surface area contributed by atoms with Gasteiger partial charge in [0.15, 0.2) is 13.2 Å². The number of benzene rings is 3. The molecule has 3 aromatic carbocycles. The molecule has 0 radical (unpaired) electrons. The molecule has 0 saturated carbocycles. The topological polar surface area (TPSA) is 105 Å². The third-order valence-electron chi connectivity index (χ3n) is 6.25. The molecule has 3 rings (SSSR count). The average molecular weight is 734 g/mol. The minimum absolute atomic E-state index is 0.132. The van der Waals surface area contributed by atoms with Crippen LogP contribution in [0.4, 0.5) is 52.7 Å². The number of carbonyl (C=O) groups is 4. The molecule has 0 unspecified atom stereocenters. The Labute approximate surface area is 271 Å². The summed E-state index contributed by atoms with van der Waals surface area (Å²) in [6, 6.07) is 12.0. The fourth-order valence-corrected chi connectivity index (χ4v) is 3.38. The lowest BCUT2D eigenvalue weighted by molar-refractivity contribution is -0.274. The van der Waals surface area contributed by atoms with E-state index in [1.165, 1.54) is 0 Å². The molecule has 270 valence electrons. The molecule has 0 aliphatic heterocycles. The van der Waals surface area contributed by atoms with E-state index in [4.69, 9.17) is 9.47 Å². The van der Waals surface area contributed by atoms with Crippen LogP contribution in [0, 0.1) is 0 Å². The van der Waals surface area contributed by atoms with E-state index >= 15 is 0 Å². The SMILES string of the molecule is O=C(OCC(F)(F)C(F)(F)C(F)F)c1ccc(OC(=O)c2ccc(C(=O)Oc3ccc(C(=O)OCC(F)(F)C(F)(F)C(F)F)cc3)cc2)cc1. The Balaban J connectivity index is 1.53. The van der Waals surface area contributed by atoms with E-state index < -0.39 is 84.8 Å². The summed E-state index contributed by atoms with van der Waals surface area (Å²) < 4.78 is 172. The van der Waals surface area contributed by atoms with Crippen LogP contribution in [0.25, 0.3) is 0 Å². The summed E-state index contributed by atoms with van der Waals surface area (Å²) in [5, 5.41) is 0. The van der Waals surface area contributed by atoms with Crippen molar-refractivity contribution >= 4 is 23.9 Å². The third-order valence-corrected chi connectivity index (χ3v) is 6.25. The summed E-state index contributed by atoms with van der Waals surface area (Å²) in [4.78, 5) is 48.6. The summed E-state index contributed by atoms with van der Waals surface area (Å²) in [5.41, 5.74) is -1.24. The van der Waals surface area contributed by atoms with Crippen molar-refractivity contribution in [1.29, 1.82) is 0 Å². The molecule has 0 aliphatic rings. The van der Waals surface area contributed by atoms with Crippen molar-refractivity contribution in [2.75, 3.05) is 13.2 Å². The molecule has 0 atom stereocenters. The minimum atomic E-state index is -5.76. The van der Waals surface area contributed by atoms with Crippen LogP contribution in [0.3, 0.4) is 0 Å². The van der Waals surface area contributed by atoms with Crippen LogP contribution in [0.5, 0.6) is 11.5 Å². The minimum Gasteiger partial charge on any atom is -0.455 e. The van der Waals surface area contributed by atoms with Crippen molar-refractivity contribution in [3.63, 3.8) is 0 Å². The van der Waals surface area contributed by atoms with Gasteiger partial charge in [-0.1, -0.05) is 0 Å². The van der Waals surface area contributed by atoms with Gasteiger partial charge in [-0.05, 0) is 72.8 Å². The van der Waals surface area contributed by atoms with Crippen LogP contribution in [0.1, 0.15) is 41.4 Å². The highest BCUT2D eigenvalue weighted by atomic mass is 19.4. The van der Waals surface area contributed by atoms with Gasteiger partial charge in [-0.15, -0.1) is 0 Å². The monoisotopic (exact) mass is 734 g/mol. The molecule has 0 N–H and O–H groups in total. The Morgan fingerprint density at radius 1 is 0.440 bits per heavy atom. The van der Waals surface area contributed by atoms with Crippen LogP contribution >= 0.6 is 0 Å². The number of ether oxygens (including phenoxy) is 4. The quantitative estimate of drug-likeness (QED) is 0.0953. The first-order chi connectivity index (χ1) is 23.1. The molecule has 50 heavy (non-hydrogen) atoms. The van der Waals surface area contributed by atoms with Gasteiger partial charge in [0.1, 0.15) is 11.5 Å². The molecule has 8 nitrogen and oxygen atoms in total. The molecule has 0 fully saturated rings. The van der Waals surface area contributed by atoms with Crippen LogP contribution in [-0.4, -0.2) is 73.6 Å². The Morgan fingerprint density at radius 3 is 0.940 bits per heavy atom. The van der Waals surface area contributed by atoms with Crippen molar-refractivity contribution < 1.29 is 90.8 Å². The second-order valence-corrected chi connectivity index (χ2v) is 9.81. The number of esters is 4. The number of rotatable bonds is 14. The standard InChI is InChI=1S/C30H18F12O8/c31-25(32)29(39,40)27(35,36)13-47-21(43)15-5-9-19(10-6-15)49-23(45)17-1-2-18(4-3-17)24(46)50-20-11-7-16(8-12-20)22(44)48-14-28(37,38)30(41,42)26(33)34/h1-12,25-26H,13-14H2. The van der Waals surface area contributed by atoms with Crippen molar-refractivity contribution in [3.8, 4) is 11.5 Å². The number of hydrogen-bond donors (Lipinski definition) is 0. The normalized spacial score (nSPS) is 12.4. The van der Waals surface area contributed by atoms with Crippen LogP contribution < -0.4 is 9.47 Å². The molecule has 0 amide bonds. The van der Waals surface area contributed by atoms with E-state index in [2.05, 4.69) is 9.47 Å². The van der Waals surface area contributed by atoms with Crippen LogP contribution in [0.2, 0.25) is 0 Å². The van der Waals surface area contributed by atoms with E-state index in [0.717, 1.165) is 72.8 Å². The summed E-state index contributed by atoms with van der Waals surface area (Å²) in [6.45, 7) is -4.69. The Hall–Kier alpha value is -5.30. The highest BCUT2D eigenvalue weighted by Crippen LogP contribution is 2.40. The predicted molar refractivity (Wildman–Crippen MR) is 142 cm³/mol. The highest BCUT2D eigenvalue weighted by Gasteiger charge is 2.64. The Kier molecular flexibility index (Phi) is 11.8. The fraction of sp³-hybridized carbons (Fsp3) is 0.267. The van der Waals surface area contributed by atoms with Gasteiger partial charge in [0.05, 0.1) is 22.3 Å². The molecule has 0 saturated heterocycles. The molecule has 0 aromatic heterocycles. The molecule has 3 aromatic rings. The van der Waals surface area contributed by atoms with E-state index in [1.807, 2.05) is 0 Å². The largest absolute Gasteiger partial charge is 0.455 e. The second kappa shape index (κ2) is 15.1. The van der Waals surface area contributed by atoms with Crippen LogP contribution in [-0.2, 0) is 9.47 Å². The molecule has 0 heterocycles. The van der Waals surface area contributed by atoms with Crippen LogP contribution in [0.15, 0.2) is 72.8 Å². The Bertz CT molecular complexity index is 1550. The number of hydrogen-bond acceptors (Lipinski definition) is 8. The summed E-state index contributed by atoms with van der Waals surface area (Å²) >= 11 is 0. The van der Waals surface area contributed by atoms with Crippen molar-refractivity contribution in [2.24, 2.45) is 0 Å². The lowest BCUT2D eigenvalue weighted by Crippen LogP contribution is -2.49. The first kappa shape index (κ1) is 39.1. The predicted octanol–water partition coefficient (Wildman–Crippen LogP) is 7.51. The van der Waals surface area contributed by atoms with E-state index in [0.29, 0.717) is 0 Å². The van der Waals surface area contributed by atoms with E-state index in [-0.39, 0.29) is 22.6 Å². The molecule has 20 heteroatoms. The second-order valence-electron chi connectivity index (χ2n) is 9.81. The van der Waals surface area contributed by atoms with E-state index in [9.17, 15) is 71.9 Å². The maximum atomic E-state index is 13.3. The Morgan fingerprint density at radius 2 is 0.680 bits per heavy atom. The van der Waals surface area contributed by atoms with Gasteiger partial charge in [-0.25, -0.2) is 36.7 Å². The van der Waals surface area contributed by atoms with Gasteiger partial charge in [-0.3, -0.25) is 0 Å². The lowest BCUT2D eigenvalue weighted by atomic mass is 10.1. The molecule has 0 spiro atoms. The molecule has 0 bridgehead atoms. The highest BCUT2D eigenvalue weighted by molar-refractivity contribution is 5.95. The number of carbonyl (C=O) groups excluding carboxylic acids is 4. The summed E-state index contributed by atoms with van der Waals surface area (Å²) in [5.74, 6) is -27.8. The smallest absolute Gasteiger partial charge is 0.372 e. The lowest BCUT2D eigenvalue weighted by Gasteiger charge is -2.25. The van der Waals surface area contributed by atoms with E-state index in [1.54, 1.807) is 0 Å². The zero-order valence-electron chi connectivity index (χ0n) is 24.3. The third kappa shape index (κ3) is 9.03. The average Bonchev–Trinajstić information content (AvgIpc) is 3.06. The van der Waals surface area contributed by atoms with Crippen molar-refractivity contribution in [3.05, 3.63) is 95.1 Å². The van der Waals surface area contributed by atoms with Gasteiger partial charge in [0, 0.05) is 0 Å². The van der Waals surface area contributed by atoms with Gasteiger partial charge in [0.25, 0.3) is 0 Å². The molecule has 0 aliphatic carbocycles. The van der Waals surface area contributed by atoms with Gasteiger partial charge < -0.3 is 18.9 Å². The maximum Gasteiger partial charge on any atom is 0.372 e. The molecular weight excluding hydrogens is 716 g/mol. The number of alkyl halides is 12. The van der Waals surface area contributed by atoms with Gasteiger partial charge >= 0.3 is 60.4 Å². The summed E-state index contributed by atoms with van der Waals surface area (Å²) in [6.07, 6.45) is -9.45. The zero-order chi connectivity index (χ0) is 37.7. The maximum absolute atomic E-state index is 13.3.